The number of carbonyl (C=O) groups is 2. The van der Waals surface area contributed by atoms with Crippen LogP contribution in [0.1, 0.15) is 6.92 Å². The van der Waals surface area contributed by atoms with Crippen LogP contribution >= 0.6 is 11.3 Å². The summed E-state index contributed by atoms with van der Waals surface area (Å²) >= 11 is 1.12. The molecule has 2 aliphatic rings. The topological polar surface area (TPSA) is 116 Å². The molecule has 2 atom stereocenters. The van der Waals surface area contributed by atoms with Crippen molar-refractivity contribution in [3.63, 3.8) is 0 Å². The number of thiophene rings is 1. The van der Waals surface area contributed by atoms with E-state index in [0.717, 1.165) is 16.3 Å². The first-order chi connectivity index (χ1) is 15.2. The Kier molecular flexibility index (Phi) is 5.87. The smallest absolute Gasteiger partial charge is 0.414 e. The Morgan fingerprint density at radius 2 is 1.94 bits per heavy atom. The van der Waals surface area contributed by atoms with Gasteiger partial charge in [0.05, 0.1) is 33.8 Å². The van der Waals surface area contributed by atoms with Crippen LogP contribution in [0.3, 0.4) is 0 Å². The first-order valence-electron chi connectivity index (χ1n) is 9.99. The molecule has 0 aliphatic carbocycles. The van der Waals surface area contributed by atoms with Crippen molar-refractivity contribution < 1.29 is 28.7 Å². The Bertz CT molecular complexity index is 1050. The first-order valence-corrected chi connectivity index (χ1v) is 10.8. The number of carboxylic acid groups (broad SMARTS) is 1. The Hall–Kier alpha value is -3.41. The van der Waals surface area contributed by atoms with E-state index in [1.54, 1.807) is 18.2 Å². The van der Waals surface area contributed by atoms with Crippen molar-refractivity contribution in [1.29, 1.82) is 0 Å². The molecule has 2 fully saturated rings. The number of nitro groups is 1. The summed E-state index contributed by atoms with van der Waals surface area (Å²) in [6, 6.07) is 7.66. The number of rotatable bonds is 6. The number of benzene rings is 1. The molecule has 0 spiro atoms. The lowest BCUT2D eigenvalue weighted by molar-refractivity contribution is -0.380. The fourth-order valence-electron chi connectivity index (χ4n) is 3.79. The van der Waals surface area contributed by atoms with Crippen LogP contribution in [0.2, 0.25) is 0 Å². The number of piperazine rings is 1. The molecule has 1 aromatic heterocycles. The van der Waals surface area contributed by atoms with Gasteiger partial charge in [-0.05, 0) is 42.5 Å². The third-order valence-electron chi connectivity index (χ3n) is 5.71. The van der Waals surface area contributed by atoms with E-state index >= 15 is 0 Å². The molecule has 1 aromatic carbocycles. The molecular formula is C20H21FN4O6S. The number of anilines is 3. The van der Waals surface area contributed by atoms with Gasteiger partial charge in [0.1, 0.15) is 11.9 Å². The van der Waals surface area contributed by atoms with Crippen molar-refractivity contribution in [2.75, 3.05) is 47.4 Å². The summed E-state index contributed by atoms with van der Waals surface area (Å²) in [5.41, 5.74) is 0.703. The predicted molar refractivity (Wildman–Crippen MR) is 116 cm³/mol. The molecule has 1 unspecified atom stereocenters. The van der Waals surface area contributed by atoms with E-state index in [4.69, 9.17) is 9.84 Å². The molecule has 0 saturated carbocycles. The molecule has 2 aromatic rings. The predicted octanol–water partition coefficient (Wildman–Crippen LogP) is 3.17. The molecule has 32 heavy (non-hydrogen) atoms. The molecule has 2 saturated heterocycles. The van der Waals surface area contributed by atoms with Gasteiger partial charge in [0.25, 0.3) is 0 Å². The number of amides is 1. The second kappa shape index (κ2) is 8.61. The van der Waals surface area contributed by atoms with E-state index in [2.05, 4.69) is 0 Å². The number of carbonyl (C=O) groups excluding carboxylic acids is 1. The average molecular weight is 464 g/mol. The molecule has 10 nitrogen and oxygen atoms in total. The molecule has 4 rings (SSSR count). The second-order valence-electron chi connectivity index (χ2n) is 7.64. The standard InChI is InChI=1S/C20H21FN4O6S/c1-12(19(26)27)16-11-24(20(28)31-16)13-2-3-15(14(21)10-13)22-6-8-23(9-7-22)17-4-5-18(32-17)25(29)30/h2-5,10,12,16H,6-9,11H2,1H3,(H,26,27)/t12?,16-/m0/s1. The Labute approximate surface area is 186 Å². The largest absolute Gasteiger partial charge is 0.481 e. The van der Waals surface area contributed by atoms with Gasteiger partial charge in [-0.3, -0.25) is 19.8 Å². The third-order valence-corrected chi connectivity index (χ3v) is 6.81. The van der Waals surface area contributed by atoms with Gasteiger partial charge in [0.2, 0.25) is 0 Å². The lowest BCUT2D eigenvalue weighted by Gasteiger charge is -2.36. The molecule has 1 N–H and O–H groups in total. The van der Waals surface area contributed by atoms with Gasteiger partial charge in [-0.15, -0.1) is 0 Å². The SMILES string of the molecule is CC(C(=O)O)[C@@H]1CN(c2ccc(N3CCN(c4ccc([N+](=O)[O-])s4)CC3)c(F)c2)C(=O)O1. The highest BCUT2D eigenvalue weighted by Gasteiger charge is 2.38. The van der Waals surface area contributed by atoms with Gasteiger partial charge >= 0.3 is 17.1 Å². The molecular weight excluding hydrogens is 443 g/mol. The van der Waals surface area contributed by atoms with Crippen LogP contribution in [0.25, 0.3) is 0 Å². The third kappa shape index (κ3) is 4.17. The Balaban J connectivity index is 1.41. The maximum atomic E-state index is 14.9. The minimum atomic E-state index is -1.07. The molecule has 3 heterocycles. The van der Waals surface area contributed by atoms with E-state index in [-0.39, 0.29) is 11.5 Å². The maximum Gasteiger partial charge on any atom is 0.414 e. The summed E-state index contributed by atoms with van der Waals surface area (Å²) in [7, 11) is 0. The van der Waals surface area contributed by atoms with Crippen LogP contribution in [-0.2, 0) is 9.53 Å². The highest BCUT2D eigenvalue weighted by atomic mass is 32.1. The fraction of sp³-hybridized carbons (Fsp3) is 0.400. The summed E-state index contributed by atoms with van der Waals surface area (Å²) in [5, 5.41) is 20.9. The normalized spacial score (nSPS) is 19.8. The monoisotopic (exact) mass is 464 g/mol. The zero-order chi connectivity index (χ0) is 23.0. The quantitative estimate of drug-likeness (QED) is 0.512. The second-order valence-corrected chi connectivity index (χ2v) is 8.68. The van der Waals surface area contributed by atoms with Gasteiger partial charge in [0.15, 0.2) is 0 Å². The zero-order valence-corrected chi connectivity index (χ0v) is 18.0. The zero-order valence-electron chi connectivity index (χ0n) is 17.1. The molecule has 1 amide bonds. The number of aliphatic carboxylic acids is 1. The van der Waals surface area contributed by atoms with Crippen molar-refractivity contribution in [1.82, 2.24) is 0 Å². The number of ether oxygens (including phenoxy) is 1. The Morgan fingerprint density at radius 1 is 1.25 bits per heavy atom. The van der Waals surface area contributed by atoms with E-state index in [1.807, 2.05) is 9.80 Å². The summed E-state index contributed by atoms with van der Waals surface area (Å²) in [5.74, 6) is -2.43. The summed E-state index contributed by atoms with van der Waals surface area (Å²) in [4.78, 5) is 38.9. The van der Waals surface area contributed by atoms with Crippen molar-refractivity contribution in [2.45, 2.75) is 13.0 Å². The van der Waals surface area contributed by atoms with E-state index in [1.165, 1.54) is 24.0 Å². The van der Waals surface area contributed by atoms with Crippen molar-refractivity contribution in [3.8, 4) is 0 Å². The van der Waals surface area contributed by atoms with Crippen molar-refractivity contribution in [2.24, 2.45) is 5.92 Å². The number of nitrogens with zero attached hydrogens (tertiary/aromatic N) is 4. The maximum absolute atomic E-state index is 14.9. The number of carboxylic acids is 1. The summed E-state index contributed by atoms with van der Waals surface area (Å²) in [6.45, 7) is 3.74. The van der Waals surface area contributed by atoms with E-state index in [9.17, 15) is 24.1 Å². The lowest BCUT2D eigenvalue weighted by atomic mass is 10.1. The van der Waals surface area contributed by atoms with Gasteiger partial charge in [-0.25, -0.2) is 9.18 Å². The number of halogens is 1. The average Bonchev–Trinajstić information content (AvgIpc) is 3.40. The molecule has 12 heteroatoms. The van der Waals surface area contributed by atoms with Crippen LogP contribution in [0.15, 0.2) is 30.3 Å². The minimum Gasteiger partial charge on any atom is -0.481 e. The van der Waals surface area contributed by atoms with Crippen molar-refractivity contribution >= 4 is 44.8 Å². The molecule has 170 valence electrons. The first kappa shape index (κ1) is 21.8. The van der Waals surface area contributed by atoms with Gasteiger partial charge in [-0.2, -0.15) is 0 Å². The van der Waals surface area contributed by atoms with E-state index in [0.29, 0.717) is 37.6 Å². The summed E-state index contributed by atoms with van der Waals surface area (Å²) < 4.78 is 20.0. The Morgan fingerprint density at radius 3 is 2.53 bits per heavy atom. The summed E-state index contributed by atoms with van der Waals surface area (Å²) in [6.07, 6.45) is -1.50. The number of hydrogen-bond acceptors (Lipinski definition) is 8. The minimum absolute atomic E-state index is 0.0384. The van der Waals surface area contributed by atoms with Crippen LogP contribution in [-0.4, -0.2) is 60.9 Å². The molecule has 0 bridgehead atoms. The molecule has 0 radical (unpaired) electrons. The van der Waals surface area contributed by atoms with Crippen LogP contribution in [0, 0.1) is 21.8 Å². The van der Waals surface area contributed by atoms with Crippen molar-refractivity contribution in [3.05, 3.63) is 46.3 Å². The van der Waals surface area contributed by atoms with Gasteiger partial charge < -0.3 is 19.6 Å². The lowest BCUT2D eigenvalue weighted by Crippen LogP contribution is -2.46. The highest BCUT2D eigenvalue weighted by Crippen LogP contribution is 2.34. The molecule has 2 aliphatic heterocycles. The van der Waals surface area contributed by atoms with Gasteiger partial charge in [0, 0.05) is 32.2 Å². The van der Waals surface area contributed by atoms with Crippen LogP contribution < -0.4 is 14.7 Å². The fourth-order valence-corrected chi connectivity index (χ4v) is 4.66. The number of hydrogen-bond donors (Lipinski definition) is 1. The van der Waals surface area contributed by atoms with Crippen LogP contribution in [0.4, 0.5) is 30.6 Å². The number of cyclic esters (lactones) is 1. The van der Waals surface area contributed by atoms with Crippen LogP contribution in [0.5, 0.6) is 0 Å². The van der Waals surface area contributed by atoms with E-state index < -0.39 is 34.8 Å². The highest BCUT2D eigenvalue weighted by molar-refractivity contribution is 7.19. The van der Waals surface area contributed by atoms with Gasteiger partial charge in [-0.1, -0.05) is 0 Å².